The van der Waals surface area contributed by atoms with Crippen molar-refractivity contribution in [1.82, 2.24) is 0 Å². The van der Waals surface area contributed by atoms with Gasteiger partial charge in [0.15, 0.2) is 0 Å². The number of carbonyl (C=O) groups excluding carboxylic acids is 1. The van der Waals surface area contributed by atoms with Crippen molar-refractivity contribution in [3.63, 3.8) is 0 Å². The molecule has 0 aliphatic rings. The Morgan fingerprint density at radius 2 is 2.00 bits per heavy atom. The van der Waals surface area contributed by atoms with E-state index in [4.69, 9.17) is 15.2 Å². The Balaban J connectivity index is 2.29. The number of rotatable bonds is 7. The van der Waals surface area contributed by atoms with Gasteiger partial charge in [-0.05, 0) is 18.2 Å². The van der Waals surface area contributed by atoms with Crippen LogP contribution in [0.3, 0.4) is 0 Å². The average Bonchev–Trinajstić information content (AvgIpc) is 2.41. The maximum atomic E-state index is 11.8. The Hall–Kier alpha value is -1.96. The fraction of sp³-hybridized carbons (Fsp3) is 0.462. The van der Waals surface area contributed by atoms with Crippen LogP contribution in [0.4, 0.5) is 18.9 Å². The second kappa shape index (κ2) is 7.72. The van der Waals surface area contributed by atoms with Crippen LogP contribution in [0.25, 0.3) is 0 Å². The lowest BCUT2D eigenvalue weighted by atomic mass is 10.2. The van der Waals surface area contributed by atoms with E-state index in [1.807, 2.05) is 0 Å². The zero-order valence-electron chi connectivity index (χ0n) is 11.4. The number of nitrogens with two attached hydrogens (primary N) is 1. The third-order valence-corrected chi connectivity index (χ3v) is 2.40. The summed E-state index contributed by atoms with van der Waals surface area (Å²) in [5.74, 6) is -0.174. The summed E-state index contributed by atoms with van der Waals surface area (Å²) in [4.78, 5) is 11.6. The second-order valence-corrected chi connectivity index (χ2v) is 4.11. The van der Waals surface area contributed by atoms with Crippen LogP contribution >= 0.6 is 0 Å². The van der Waals surface area contributed by atoms with Gasteiger partial charge in [0.1, 0.15) is 12.4 Å². The molecule has 5 nitrogen and oxygen atoms in total. The number of nitrogen functional groups attached to an aromatic ring is 1. The minimum absolute atomic E-state index is 0.0391. The highest BCUT2D eigenvalue weighted by Gasteiger charge is 2.27. The zero-order valence-corrected chi connectivity index (χ0v) is 11.4. The molecule has 0 saturated heterocycles. The van der Waals surface area contributed by atoms with E-state index in [-0.39, 0.29) is 25.2 Å². The van der Waals surface area contributed by atoms with Crippen molar-refractivity contribution in [2.24, 2.45) is 0 Å². The molecular weight excluding hydrogens is 291 g/mol. The monoisotopic (exact) mass is 307 g/mol. The Bertz CT molecular complexity index is 477. The zero-order chi connectivity index (χ0) is 15.9. The van der Waals surface area contributed by atoms with E-state index in [0.29, 0.717) is 11.4 Å². The molecular formula is C13H16F3NO4. The highest BCUT2D eigenvalue weighted by molar-refractivity contribution is 5.91. The van der Waals surface area contributed by atoms with Gasteiger partial charge in [-0.15, -0.1) is 0 Å². The molecule has 0 aliphatic carbocycles. The van der Waals surface area contributed by atoms with Crippen molar-refractivity contribution < 1.29 is 32.2 Å². The summed E-state index contributed by atoms with van der Waals surface area (Å²) < 4.78 is 49.6. The first-order valence-electron chi connectivity index (χ1n) is 6.08. The van der Waals surface area contributed by atoms with Crippen LogP contribution in [0.2, 0.25) is 0 Å². The van der Waals surface area contributed by atoms with Gasteiger partial charge in [-0.1, -0.05) is 0 Å². The Kier molecular flexibility index (Phi) is 6.29. The third-order valence-electron chi connectivity index (χ3n) is 2.40. The molecule has 0 atom stereocenters. The van der Waals surface area contributed by atoms with Crippen LogP contribution in [-0.4, -0.2) is 39.1 Å². The summed E-state index contributed by atoms with van der Waals surface area (Å²) in [5, 5.41) is 0. The van der Waals surface area contributed by atoms with Gasteiger partial charge in [-0.3, -0.25) is 0 Å². The molecule has 0 radical (unpaired) electrons. The largest absolute Gasteiger partial charge is 0.495 e. The van der Waals surface area contributed by atoms with Crippen LogP contribution in [0.15, 0.2) is 18.2 Å². The number of hydrogen-bond acceptors (Lipinski definition) is 5. The predicted molar refractivity (Wildman–Crippen MR) is 69.2 cm³/mol. The van der Waals surface area contributed by atoms with E-state index in [2.05, 4.69) is 4.74 Å². The highest BCUT2D eigenvalue weighted by atomic mass is 19.4. The Labute approximate surface area is 119 Å². The highest BCUT2D eigenvalue weighted by Crippen LogP contribution is 2.22. The van der Waals surface area contributed by atoms with E-state index >= 15 is 0 Å². The SMILES string of the molecule is COc1ccc(C(=O)OCCCOCC(F)(F)F)cc1N. The molecule has 0 saturated carbocycles. The van der Waals surface area contributed by atoms with Crippen molar-refractivity contribution in [3.8, 4) is 5.75 Å². The Morgan fingerprint density at radius 1 is 1.29 bits per heavy atom. The normalized spacial score (nSPS) is 11.2. The molecule has 2 N–H and O–H groups in total. The molecule has 1 aromatic carbocycles. The van der Waals surface area contributed by atoms with Crippen molar-refractivity contribution in [2.75, 3.05) is 32.7 Å². The molecule has 21 heavy (non-hydrogen) atoms. The molecule has 0 heterocycles. The van der Waals surface area contributed by atoms with Gasteiger partial charge in [0.25, 0.3) is 0 Å². The third kappa shape index (κ3) is 6.35. The van der Waals surface area contributed by atoms with E-state index in [1.54, 1.807) is 0 Å². The first-order chi connectivity index (χ1) is 9.83. The second-order valence-electron chi connectivity index (χ2n) is 4.11. The van der Waals surface area contributed by atoms with Gasteiger partial charge >= 0.3 is 12.1 Å². The summed E-state index contributed by atoms with van der Waals surface area (Å²) in [6.07, 6.45) is -4.18. The predicted octanol–water partition coefficient (Wildman–Crippen LogP) is 2.40. The summed E-state index contributed by atoms with van der Waals surface area (Å²) in [7, 11) is 1.45. The number of hydrogen-bond donors (Lipinski definition) is 1. The van der Waals surface area contributed by atoms with Crippen molar-refractivity contribution in [3.05, 3.63) is 23.8 Å². The maximum Gasteiger partial charge on any atom is 0.411 e. The number of alkyl halides is 3. The van der Waals surface area contributed by atoms with Crippen LogP contribution in [-0.2, 0) is 9.47 Å². The maximum absolute atomic E-state index is 11.8. The molecule has 0 aliphatic heterocycles. The van der Waals surface area contributed by atoms with Gasteiger partial charge in [0.2, 0.25) is 0 Å². The summed E-state index contributed by atoms with van der Waals surface area (Å²) in [6.45, 7) is -1.49. The lowest BCUT2D eigenvalue weighted by Crippen LogP contribution is -2.18. The first kappa shape index (κ1) is 17.1. The van der Waals surface area contributed by atoms with Gasteiger partial charge in [-0.25, -0.2) is 4.79 Å². The standard InChI is InChI=1S/C13H16F3NO4/c1-19-11-4-3-9(7-10(11)17)12(18)21-6-2-5-20-8-13(14,15)16/h3-4,7H,2,5-6,8,17H2,1H3. The molecule has 1 rings (SSSR count). The van der Waals surface area contributed by atoms with Crippen molar-refractivity contribution in [2.45, 2.75) is 12.6 Å². The van der Waals surface area contributed by atoms with Gasteiger partial charge in [-0.2, -0.15) is 13.2 Å². The number of ether oxygens (including phenoxy) is 3. The minimum atomic E-state index is -4.35. The smallest absolute Gasteiger partial charge is 0.411 e. The fourth-order valence-corrected chi connectivity index (χ4v) is 1.46. The van der Waals surface area contributed by atoms with Gasteiger partial charge in [0.05, 0.1) is 31.6 Å². The van der Waals surface area contributed by atoms with E-state index in [9.17, 15) is 18.0 Å². The molecule has 0 unspecified atom stereocenters. The first-order valence-corrected chi connectivity index (χ1v) is 6.08. The minimum Gasteiger partial charge on any atom is -0.495 e. The number of methoxy groups -OCH3 is 1. The molecule has 0 fully saturated rings. The molecule has 0 aromatic heterocycles. The average molecular weight is 307 g/mol. The summed E-state index contributed by atoms with van der Waals surface area (Å²) >= 11 is 0. The molecule has 8 heteroatoms. The topological polar surface area (TPSA) is 70.8 Å². The van der Waals surface area contributed by atoms with Crippen molar-refractivity contribution in [1.29, 1.82) is 0 Å². The molecule has 0 amide bonds. The Morgan fingerprint density at radius 3 is 2.57 bits per heavy atom. The number of carbonyl (C=O) groups is 1. The van der Waals surface area contributed by atoms with Crippen molar-refractivity contribution >= 4 is 11.7 Å². The van der Waals surface area contributed by atoms with E-state index in [1.165, 1.54) is 25.3 Å². The molecule has 1 aromatic rings. The van der Waals surface area contributed by atoms with Gasteiger partial charge in [0, 0.05) is 6.42 Å². The quantitative estimate of drug-likeness (QED) is 0.476. The number of anilines is 1. The number of benzene rings is 1. The molecule has 118 valence electrons. The summed E-state index contributed by atoms with van der Waals surface area (Å²) in [6, 6.07) is 4.41. The lowest BCUT2D eigenvalue weighted by Gasteiger charge is -2.09. The lowest BCUT2D eigenvalue weighted by molar-refractivity contribution is -0.174. The van der Waals surface area contributed by atoms with E-state index < -0.39 is 18.8 Å². The fourth-order valence-electron chi connectivity index (χ4n) is 1.46. The van der Waals surface area contributed by atoms with Gasteiger partial charge < -0.3 is 19.9 Å². The van der Waals surface area contributed by atoms with Crippen LogP contribution in [0, 0.1) is 0 Å². The number of halogens is 3. The van der Waals surface area contributed by atoms with Crippen LogP contribution < -0.4 is 10.5 Å². The van der Waals surface area contributed by atoms with E-state index in [0.717, 1.165) is 0 Å². The van der Waals surface area contributed by atoms with Crippen LogP contribution in [0.1, 0.15) is 16.8 Å². The number of esters is 1. The molecule has 0 bridgehead atoms. The molecule has 0 spiro atoms. The summed E-state index contributed by atoms with van der Waals surface area (Å²) in [5.41, 5.74) is 6.18. The van der Waals surface area contributed by atoms with Crippen LogP contribution in [0.5, 0.6) is 5.75 Å².